The van der Waals surface area contributed by atoms with Crippen molar-refractivity contribution in [1.29, 1.82) is 0 Å². The number of carboxylic acid groups (broad SMARTS) is 1. The molecule has 17 heavy (non-hydrogen) atoms. The molecule has 1 aromatic carbocycles. The lowest BCUT2D eigenvalue weighted by Crippen LogP contribution is -2.13. The zero-order valence-electron chi connectivity index (χ0n) is 9.38. The molecule has 0 heterocycles. The Morgan fingerprint density at radius 1 is 1.35 bits per heavy atom. The molecule has 1 rings (SSSR count). The van der Waals surface area contributed by atoms with Crippen molar-refractivity contribution in [2.24, 2.45) is 0 Å². The van der Waals surface area contributed by atoms with Crippen LogP contribution >= 0.6 is 0 Å². The molecule has 0 aliphatic rings. The molecule has 0 spiro atoms. The average molecular weight is 258 g/mol. The van der Waals surface area contributed by atoms with Crippen LogP contribution in [-0.4, -0.2) is 37.0 Å². The molecular weight excluding hydrogens is 244 g/mol. The summed E-state index contributed by atoms with van der Waals surface area (Å²) in [5.74, 6) is -1.57. The van der Waals surface area contributed by atoms with Crippen LogP contribution in [0.3, 0.4) is 0 Å². The maximum Gasteiger partial charge on any atom is 0.335 e. The number of aliphatic hydroxyl groups is 1. The molecule has 1 aromatic rings. The van der Waals surface area contributed by atoms with Gasteiger partial charge in [0, 0.05) is 0 Å². The second-order valence-corrected chi connectivity index (χ2v) is 5.60. The molecule has 0 bridgehead atoms. The fourth-order valence-electron chi connectivity index (χ4n) is 1.50. The summed E-state index contributed by atoms with van der Waals surface area (Å²) < 4.78 is 23.7. The van der Waals surface area contributed by atoms with Gasteiger partial charge in [0.25, 0.3) is 0 Å². The first-order valence-corrected chi connectivity index (χ1v) is 6.77. The SMILES string of the molecule is CCc1ccc(C(=O)O)cc1S(=O)(=O)CCO. The molecule has 0 aromatic heterocycles. The molecule has 0 amide bonds. The first kappa shape index (κ1) is 13.7. The third-order valence-corrected chi connectivity index (χ3v) is 4.16. The van der Waals surface area contributed by atoms with Crippen LogP contribution in [0.25, 0.3) is 0 Å². The summed E-state index contributed by atoms with van der Waals surface area (Å²) in [7, 11) is -3.62. The molecule has 5 nitrogen and oxygen atoms in total. The monoisotopic (exact) mass is 258 g/mol. The Morgan fingerprint density at radius 3 is 2.47 bits per heavy atom. The highest BCUT2D eigenvalue weighted by molar-refractivity contribution is 7.91. The van der Waals surface area contributed by atoms with Crippen LogP contribution in [-0.2, 0) is 16.3 Å². The van der Waals surface area contributed by atoms with Gasteiger partial charge in [-0.2, -0.15) is 0 Å². The van der Waals surface area contributed by atoms with E-state index in [9.17, 15) is 13.2 Å². The number of hydrogen-bond donors (Lipinski definition) is 2. The maximum atomic E-state index is 11.8. The van der Waals surface area contributed by atoms with Crippen molar-refractivity contribution in [2.75, 3.05) is 12.4 Å². The predicted molar refractivity (Wildman–Crippen MR) is 61.9 cm³/mol. The smallest absolute Gasteiger partial charge is 0.335 e. The van der Waals surface area contributed by atoms with Gasteiger partial charge in [0.1, 0.15) is 0 Å². The number of carboxylic acids is 1. The van der Waals surface area contributed by atoms with Crippen molar-refractivity contribution in [3.8, 4) is 0 Å². The third-order valence-electron chi connectivity index (χ3n) is 2.39. The van der Waals surface area contributed by atoms with Crippen molar-refractivity contribution >= 4 is 15.8 Å². The fourth-order valence-corrected chi connectivity index (χ4v) is 2.88. The van der Waals surface area contributed by atoms with Crippen molar-refractivity contribution in [3.05, 3.63) is 29.3 Å². The summed E-state index contributed by atoms with van der Waals surface area (Å²) in [5.41, 5.74) is 0.488. The van der Waals surface area contributed by atoms with Crippen LogP contribution in [0.4, 0.5) is 0 Å². The van der Waals surface area contributed by atoms with Crippen LogP contribution in [0.15, 0.2) is 23.1 Å². The maximum absolute atomic E-state index is 11.8. The molecule has 0 fully saturated rings. The number of aryl methyl sites for hydroxylation is 1. The second kappa shape index (κ2) is 5.29. The quantitative estimate of drug-likeness (QED) is 0.811. The Bertz CT molecular complexity index is 519. The van der Waals surface area contributed by atoms with Crippen LogP contribution in [0, 0.1) is 0 Å². The van der Waals surface area contributed by atoms with E-state index in [1.807, 2.05) is 0 Å². The van der Waals surface area contributed by atoms with Gasteiger partial charge in [-0.3, -0.25) is 0 Å². The van der Waals surface area contributed by atoms with E-state index in [1.54, 1.807) is 6.92 Å². The molecule has 0 radical (unpaired) electrons. The first-order valence-electron chi connectivity index (χ1n) is 5.12. The Balaban J connectivity index is 3.38. The Morgan fingerprint density at radius 2 is 2.00 bits per heavy atom. The van der Waals surface area contributed by atoms with E-state index in [2.05, 4.69) is 0 Å². The number of carbonyl (C=O) groups is 1. The minimum Gasteiger partial charge on any atom is -0.478 e. The molecule has 94 valence electrons. The average Bonchev–Trinajstić information content (AvgIpc) is 2.28. The van der Waals surface area contributed by atoms with Crippen LogP contribution in [0.1, 0.15) is 22.8 Å². The van der Waals surface area contributed by atoms with Crippen molar-refractivity contribution in [2.45, 2.75) is 18.2 Å². The number of aromatic carboxylic acids is 1. The lowest BCUT2D eigenvalue weighted by atomic mass is 10.1. The van der Waals surface area contributed by atoms with Gasteiger partial charge >= 0.3 is 5.97 Å². The van der Waals surface area contributed by atoms with Gasteiger partial charge < -0.3 is 10.2 Å². The second-order valence-electron chi connectivity index (χ2n) is 3.52. The number of aliphatic hydroxyl groups excluding tert-OH is 1. The first-order chi connectivity index (χ1) is 7.92. The number of benzene rings is 1. The molecule has 2 N–H and O–H groups in total. The van der Waals surface area contributed by atoms with E-state index < -0.39 is 28.2 Å². The summed E-state index contributed by atoms with van der Waals surface area (Å²) in [6, 6.07) is 4.01. The lowest BCUT2D eigenvalue weighted by Gasteiger charge is -2.09. The topological polar surface area (TPSA) is 91.7 Å². The van der Waals surface area contributed by atoms with Gasteiger partial charge in [0.2, 0.25) is 0 Å². The molecule has 0 aliphatic carbocycles. The summed E-state index contributed by atoms with van der Waals surface area (Å²) in [5, 5.41) is 17.5. The van der Waals surface area contributed by atoms with Gasteiger partial charge in [-0.1, -0.05) is 13.0 Å². The van der Waals surface area contributed by atoms with E-state index in [-0.39, 0.29) is 10.5 Å². The van der Waals surface area contributed by atoms with E-state index >= 15 is 0 Å². The fraction of sp³-hybridized carbons (Fsp3) is 0.364. The Labute approximate surface area is 99.6 Å². The summed E-state index contributed by atoms with van der Waals surface area (Å²) >= 11 is 0. The summed E-state index contributed by atoms with van der Waals surface area (Å²) in [6.45, 7) is 1.30. The lowest BCUT2D eigenvalue weighted by molar-refractivity contribution is 0.0696. The van der Waals surface area contributed by atoms with Crippen molar-refractivity contribution < 1.29 is 23.4 Å². The third kappa shape index (κ3) is 3.04. The number of rotatable bonds is 5. The largest absolute Gasteiger partial charge is 0.478 e. The summed E-state index contributed by atoms with van der Waals surface area (Å²) in [6.07, 6.45) is 0.486. The van der Waals surface area contributed by atoms with E-state index in [4.69, 9.17) is 10.2 Å². The molecule has 0 atom stereocenters. The zero-order chi connectivity index (χ0) is 13.1. The van der Waals surface area contributed by atoms with Gasteiger partial charge in [-0.05, 0) is 24.1 Å². The molecule has 0 saturated carbocycles. The molecule has 0 aliphatic heterocycles. The highest BCUT2D eigenvalue weighted by Gasteiger charge is 2.19. The Kier molecular flexibility index (Phi) is 4.25. The standard InChI is InChI=1S/C11H14O5S/c1-2-8-3-4-9(11(13)14)7-10(8)17(15,16)6-5-12/h3-4,7,12H,2,5-6H2,1H3,(H,13,14). The van der Waals surface area contributed by atoms with Crippen LogP contribution in [0.5, 0.6) is 0 Å². The molecule has 0 unspecified atom stereocenters. The van der Waals surface area contributed by atoms with Gasteiger partial charge in [-0.25, -0.2) is 13.2 Å². The van der Waals surface area contributed by atoms with Gasteiger partial charge in [0.05, 0.1) is 22.8 Å². The minimum atomic E-state index is -3.62. The van der Waals surface area contributed by atoms with E-state index in [0.29, 0.717) is 12.0 Å². The molecular formula is C11H14O5S. The Hall–Kier alpha value is -1.40. The van der Waals surface area contributed by atoms with Gasteiger partial charge in [0.15, 0.2) is 9.84 Å². The zero-order valence-corrected chi connectivity index (χ0v) is 10.2. The minimum absolute atomic E-state index is 0.00560. The van der Waals surface area contributed by atoms with Crippen molar-refractivity contribution in [3.63, 3.8) is 0 Å². The van der Waals surface area contributed by atoms with E-state index in [0.717, 1.165) is 6.07 Å². The number of hydrogen-bond acceptors (Lipinski definition) is 4. The van der Waals surface area contributed by atoms with Crippen LogP contribution in [0.2, 0.25) is 0 Å². The van der Waals surface area contributed by atoms with E-state index in [1.165, 1.54) is 12.1 Å². The normalized spacial score (nSPS) is 11.4. The molecule has 6 heteroatoms. The highest BCUT2D eigenvalue weighted by Crippen LogP contribution is 2.20. The summed E-state index contributed by atoms with van der Waals surface area (Å²) in [4.78, 5) is 10.8. The predicted octanol–water partition coefficient (Wildman–Crippen LogP) is 0.713. The van der Waals surface area contributed by atoms with Gasteiger partial charge in [-0.15, -0.1) is 0 Å². The highest BCUT2D eigenvalue weighted by atomic mass is 32.2. The number of sulfone groups is 1. The van der Waals surface area contributed by atoms with Crippen molar-refractivity contribution in [1.82, 2.24) is 0 Å². The molecule has 0 saturated heterocycles. The van der Waals surface area contributed by atoms with Crippen LogP contribution < -0.4 is 0 Å².